The monoisotopic (exact) mass is 387 g/mol. The molecule has 0 unspecified atom stereocenters. The van der Waals surface area contributed by atoms with Crippen LogP contribution < -0.4 is 0 Å². The van der Waals surface area contributed by atoms with Gasteiger partial charge in [0.1, 0.15) is 0 Å². The summed E-state index contributed by atoms with van der Waals surface area (Å²) in [7, 11) is -5.54. The minimum Gasteiger partial charge on any atom is -0.276 e. The minimum absolute atomic E-state index is 0.219. The Kier molecular flexibility index (Phi) is 4.85. The SMILES string of the molecule is O=C(Cl)c1cc(S(=O)(=O)C(F)(F)F)ccc1Sc1nccs1. The van der Waals surface area contributed by atoms with Crippen LogP contribution in [0.2, 0.25) is 0 Å². The Hall–Kier alpha value is -1.10. The highest BCUT2D eigenvalue weighted by molar-refractivity contribution is 8.01. The van der Waals surface area contributed by atoms with Gasteiger partial charge in [0.05, 0.1) is 4.90 Å². The molecule has 0 saturated heterocycles. The Labute approximate surface area is 136 Å². The van der Waals surface area contributed by atoms with Crippen LogP contribution in [0.5, 0.6) is 0 Å². The lowest BCUT2D eigenvalue weighted by atomic mass is 10.2. The Morgan fingerprint density at radius 2 is 2.00 bits per heavy atom. The van der Waals surface area contributed by atoms with Crippen LogP contribution in [0.1, 0.15) is 10.4 Å². The van der Waals surface area contributed by atoms with E-state index < -0.39 is 25.5 Å². The highest BCUT2D eigenvalue weighted by Crippen LogP contribution is 2.36. The molecule has 0 bridgehead atoms. The fourth-order valence-electron chi connectivity index (χ4n) is 1.41. The number of carbonyl (C=O) groups excluding carboxylic acids is 1. The van der Waals surface area contributed by atoms with Gasteiger partial charge in [0.15, 0.2) is 4.34 Å². The summed E-state index contributed by atoms with van der Waals surface area (Å²) in [6, 6.07) is 2.50. The zero-order valence-corrected chi connectivity index (χ0v) is 13.5. The molecule has 0 N–H and O–H groups in total. The van der Waals surface area contributed by atoms with E-state index in [4.69, 9.17) is 11.6 Å². The first-order valence-electron chi connectivity index (χ1n) is 5.35. The predicted octanol–water partition coefficient (Wildman–Crippen LogP) is 3.97. The molecule has 1 aromatic carbocycles. The number of hydrogen-bond acceptors (Lipinski definition) is 6. The maximum Gasteiger partial charge on any atom is 0.501 e. The van der Waals surface area contributed by atoms with Gasteiger partial charge >= 0.3 is 5.51 Å². The topological polar surface area (TPSA) is 64.1 Å². The second kappa shape index (κ2) is 6.19. The summed E-state index contributed by atoms with van der Waals surface area (Å²) in [6.07, 6.45) is 1.51. The maximum atomic E-state index is 12.5. The van der Waals surface area contributed by atoms with Crippen molar-refractivity contribution < 1.29 is 26.4 Å². The molecule has 118 valence electrons. The Morgan fingerprint density at radius 3 is 2.50 bits per heavy atom. The van der Waals surface area contributed by atoms with Crippen molar-refractivity contribution in [1.29, 1.82) is 0 Å². The second-order valence-electron chi connectivity index (χ2n) is 3.78. The number of rotatable bonds is 4. The maximum absolute atomic E-state index is 12.5. The molecule has 1 aromatic heterocycles. The molecular weight excluding hydrogens is 383 g/mol. The molecule has 2 rings (SSSR count). The van der Waals surface area contributed by atoms with Crippen molar-refractivity contribution in [3.63, 3.8) is 0 Å². The normalized spacial score (nSPS) is 12.4. The van der Waals surface area contributed by atoms with E-state index in [0.29, 0.717) is 10.4 Å². The molecule has 0 spiro atoms. The van der Waals surface area contributed by atoms with Crippen LogP contribution in [0.15, 0.2) is 43.9 Å². The number of hydrogen-bond donors (Lipinski definition) is 0. The highest BCUT2D eigenvalue weighted by Gasteiger charge is 2.47. The molecule has 4 nitrogen and oxygen atoms in total. The third kappa shape index (κ3) is 3.45. The number of nitrogens with zero attached hydrogens (tertiary/aromatic N) is 1. The van der Waals surface area contributed by atoms with Gasteiger partial charge in [-0.1, -0.05) is 11.8 Å². The number of alkyl halides is 3. The summed E-state index contributed by atoms with van der Waals surface area (Å²) in [4.78, 5) is 14.5. The number of benzene rings is 1. The van der Waals surface area contributed by atoms with Gasteiger partial charge in [-0.25, -0.2) is 13.4 Å². The van der Waals surface area contributed by atoms with Crippen LogP contribution in [0.25, 0.3) is 0 Å². The summed E-state index contributed by atoms with van der Waals surface area (Å²) < 4.78 is 60.9. The minimum atomic E-state index is -5.54. The third-order valence-electron chi connectivity index (χ3n) is 2.38. The highest BCUT2D eigenvalue weighted by atomic mass is 35.5. The zero-order valence-electron chi connectivity index (χ0n) is 10.3. The van der Waals surface area contributed by atoms with Crippen LogP contribution in [0, 0.1) is 0 Å². The Balaban J connectivity index is 2.51. The van der Waals surface area contributed by atoms with Crippen molar-refractivity contribution in [3.8, 4) is 0 Å². The van der Waals surface area contributed by atoms with E-state index in [1.54, 1.807) is 5.38 Å². The Bertz CT molecular complexity index is 804. The van der Waals surface area contributed by atoms with Crippen molar-refractivity contribution in [2.75, 3.05) is 0 Å². The molecular formula is C11H5ClF3NO3S3. The first-order chi connectivity index (χ1) is 10.1. The van der Waals surface area contributed by atoms with Gasteiger partial charge in [0.2, 0.25) is 0 Å². The summed E-state index contributed by atoms with van der Waals surface area (Å²) in [5.41, 5.74) is -5.78. The molecule has 0 amide bonds. The van der Waals surface area contributed by atoms with Crippen LogP contribution in [0.3, 0.4) is 0 Å². The quantitative estimate of drug-likeness (QED) is 0.743. The largest absolute Gasteiger partial charge is 0.501 e. The van der Waals surface area contributed by atoms with Gasteiger partial charge in [0.25, 0.3) is 15.1 Å². The molecule has 11 heteroatoms. The third-order valence-corrected chi connectivity index (χ3v) is 6.03. The predicted molar refractivity (Wildman–Crippen MR) is 76.1 cm³/mol. The van der Waals surface area contributed by atoms with Gasteiger partial charge in [-0.05, 0) is 29.8 Å². The Morgan fingerprint density at radius 1 is 1.32 bits per heavy atom. The molecule has 22 heavy (non-hydrogen) atoms. The lowest BCUT2D eigenvalue weighted by Crippen LogP contribution is -2.23. The van der Waals surface area contributed by atoms with E-state index in [2.05, 4.69) is 4.98 Å². The first-order valence-corrected chi connectivity index (χ1v) is 8.91. The van der Waals surface area contributed by atoms with Gasteiger partial charge in [0, 0.05) is 22.0 Å². The van der Waals surface area contributed by atoms with E-state index in [1.807, 2.05) is 0 Å². The number of carbonyl (C=O) groups is 1. The van der Waals surface area contributed by atoms with E-state index in [0.717, 1.165) is 23.9 Å². The van der Waals surface area contributed by atoms with Crippen molar-refractivity contribution in [2.45, 2.75) is 19.6 Å². The number of halogens is 4. The van der Waals surface area contributed by atoms with Crippen LogP contribution >= 0.6 is 34.7 Å². The van der Waals surface area contributed by atoms with E-state index >= 15 is 0 Å². The fraction of sp³-hybridized carbons (Fsp3) is 0.0909. The zero-order chi connectivity index (χ0) is 16.5. The molecule has 0 radical (unpaired) electrons. The molecule has 0 aliphatic heterocycles. The van der Waals surface area contributed by atoms with Crippen molar-refractivity contribution in [3.05, 3.63) is 35.3 Å². The molecule has 2 aromatic rings. The molecule has 0 aliphatic rings. The van der Waals surface area contributed by atoms with Gasteiger partial charge in [-0.2, -0.15) is 13.2 Å². The smallest absolute Gasteiger partial charge is 0.276 e. The average molecular weight is 388 g/mol. The van der Waals surface area contributed by atoms with Crippen molar-refractivity contribution >= 4 is 49.8 Å². The summed E-state index contributed by atoms with van der Waals surface area (Å²) >= 11 is 7.59. The molecule has 1 heterocycles. The summed E-state index contributed by atoms with van der Waals surface area (Å²) in [6.45, 7) is 0. The summed E-state index contributed by atoms with van der Waals surface area (Å²) in [5, 5.41) is 0.616. The first kappa shape index (κ1) is 17.3. The number of aromatic nitrogens is 1. The van der Waals surface area contributed by atoms with Crippen LogP contribution in [-0.4, -0.2) is 24.2 Å². The van der Waals surface area contributed by atoms with E-state index in [-0.39, 0.29) is 10.5 Å². The lowest BCUT2D eigenvalue weighted by Gasteiger charge is -2.10. The van der Waals surface area contributed by atoms with E-state index in [1.165, 1.54) is 17.5 Å². The van der Waals surface area contributed by atoms with Crippen molar-refractivity contribution in [2.24, 2.45) is 0 Å². The van der Waals surface area contributed by atoms with E-state index in [9.17, 15) is 26.4 Å². The van der Waals surface area contributed by atoms with Crippen molar-refractivity contribution in [1.82, 2.24) is 4.98 Å². The second-order valence-corrected chi connectivity index (χ2v) is 8.25. The average Bonchev–Trinajstić information content (AvgIpc) is 2.90. The van der Waals surface area contributed by atoms with Gasteiger partial charge in [-0.3, -0.25) is 4.79 Å². The fourth-order valence-corrected chi connectivity index (χ4v) is 4.09. The lowest BCUT2D eigenvalue weighted by molar-refractivity contribution is -0.0436. The van der Waals surface area contributed by atoms with Gasteiger partial charge < -0.3 is 0 Å². The van der Waals surface area contributed by atoms with Gasteiger partial charge in [-0.15, -0.1) is 11.3 Å². The van der Waals surface area contributed by atoms with Crippen LogP contribution in [-0.2, 0) is 9.84 Å². The summed E-state index contributed by atoms with van der Waals surface area (Å²) in [5.74, 6) is 0. The standard InChI is InChI=1S/C11H5ClF3NO3S3/c12-9(17)7-5-6(22(18,19)11(13,14)15)1-2-8(7)21-10-16-3-4-20-10/h1-5H. The molecule has 0 aliphatic carbocycles. The molecule has 0 fully saturated rings. The van der Waals surface area contributed by atoms with Crippen LogP contribution in [0.4, 0.5) is 13.2 Å². The number of thiazole rings is 1. The molecule has 0 atom stereocenters. The number of sulfone groups is 1. The molecule has 0 saturated carbocycles.